The molecule has 0 aliphatic carbocycles. The normalized spacial score (nSPS) is 21.6. The summed E-state index contributed by atoms with van der Waals surface area (Å²) in [5, 5.41) is 0. The van der Waals surface area contributed by atoms with Crippen LogP contribution < -0.4 is 0 Å². The highest BCUT2D eigenvalue weighted by Gasteiger charge is 2.25. The molecule has 1 heterocycles. The van der Waals surface area contributed by atoms with Crippen LogP contribution in [0.5, 0.6) is 0 Å². The van der Waals surface area contributed by atoms with Crippen LogP contribution >= 0.6 is 0 Å². The summed E-state index contributed by atoms with van der Waals surface area (Å²) in [7, 11) is 1.39. The fourth-order valence-electron chi connectivity index (χ4n) is 1.67. The lowest BCUT2D eigenvalue weighted by atomic mass is 10.0. The summed E-state index contributed by atoms with van der Waals surface area (Å²) in [4.78, 5) is 22.9. The number of amides is 1. The fourth-order valence-corrected chi connectivity index (χ4v) is 1.67. The molecule has 0 aromatic rings. The molecule has 4 nitrogen and oxygen atoms in total. The first-order chi connectivity index (χ1) is 6.27. The molecule has 1 aliphatic rings. The molecule has 0 aromatic heterocycles. The van der Waals surface area contributed by atoms with Gasteiger partial charge in [-0.2, -0.15) is 0 Å². The van der Waals surface area contributed by atoms with Gasteiger partial charge in [-0.3, -0.25) is 0 Å². The van der Waals surface area contributed by atoms with Crippen molar-refractivity contribution in [3.05, 3.63) is 0 Å². The van der Waals surface area contributed by atoms with Crippen molar-refractivity contribution in [2.24, 2.45) is 5.92 Å². The van der Waals surface area contributed by atoms with Crippen LogP contribution in [-0.2, 0) is 9.53 Å². The Hall–Kier alpha value is -1.06. The van der Waals surface area contributed by atoms with Gasteiger partial charge in [-0.05, 0) is 18.8 Å². The lowest BCUT2D eigenvalue weighted by Gasteiger charge is -2.13. The monoisotopic (exact) mass is 185 g/mol. The van der Waals surface area contributed by atoms with Gasteiger partial charge >= 0.3 is 6.09 Å². The van der Waals surface area contributed by atoms with Crippen molar-refractivity contribution in [2.75, 3.05) is 20.2 Å². The number of carbonyl (C=O) groups excluding carboxylic acids is 2. The molecule has 13 heavy (non-hydrogen) atoms. The van der Waals surface area contributed by atoms with E-state index < -0.39 is 0 Å². The summed E-state index contributed by atoms with van der Waals surface area (Å²) < 4.78 is 4.60. The number of rotatable bonds is 3. The van der Waals surface area contributed by atoms with Crippen LogP contribution in [-0.4, -0.2) is 37.5 Å². The summed E-state index contributed by atoms with van der Waals surface area (Å²) >= 11 is 0. The van der Waals surface area contributed by atoms with Crippen LogP contribution in [0.25, 0.3) is 0 Å². The Morgan fingerprint density at radius 3 is 3.08 bits per heavy atom. The molecule has 74 valence electrons. The number of hydrogen-bond acceptors (Lipinski definition) is 3. The predicted molar refractivity (Wildman–Crippen MR) is 47.4 cm³/mol. The zero-order valence-corrected chi connectivity index (χ0v) is 7.86. The third-order valence-corrected chi connectivity index (χ3v) is 2.41. The molecule has 1 rings (SSSR count). The minimum atomic E-state index is -0.256. The van der Waals surface area contributed by atoms with E-state index in [1.165, 1.54) is 7.11 Å². The number of carbonyl (C=O) groups is 2. The Kier molecular flexibility index (Phi) is 3.73. The van der Waals surface area contributed by atoms with Crippen molar-refractivity contribution < 1.29 is 14.3 Å². The molecule has 0 aromatic carbocycles. The Morgan fingerprint density at radius 2 is 2.46 bits per heavy atom. The van der Waals surface area contributed by atoms with Crippen molar-refractivity contribution in [1.29, 1.82) is 0 Å². The molecule has 1 unspecified atom stereocenters. The first kappa shape index (κ1) is 10.0. The minimum absolute atomic E-state index is 0.256. The van der Waals surface area contributed by atoms with E-state index in [1.54, 1.807) is 4.90 Å². The number of methoxy groups -OCH3 is 1. The van der Waals surface area contributed by atoms with Crippen molar-refractivity contribution in [3.63, 3.8) is 0 Å². The second-order valence-electron chi connectivity index (χ2n) is 3.31. The number of likely N-dealkylation sites (tertiary alicyclic amines) is 1. The third-order valence-electron chi connectivity index (χ3n) is 2.41. The van der Waals surface area contributed by atoms with Gasteiger partial charge in [0.1, 0.15) is 6.29 Å². The molecule has 0 N–H and O–H groups in total. The molecule has 0 saturated carbocycles. The first-order valence-electron chi connectivity index (χ1n) is 4.54. The van der Waals surface area contributed by atoms with Gasteiger partial charge in [0, 0.05) is 19.5 Å². The molecule has 1 aliphatic heterocycles. The van der Waals surface area contributed by atoms with Crippen LogP contribution in [0, 0.1) is 5.92 Å². The predicted octanol–water partition coefficient (Wildman–Crippen LogP) is 1.05. The molecule has 1 atom stereocenters. The van der Waals surface area contributed by atoms with E-state index in [2.05, 4.69) is 4.74 Å². The topological polar surface area (TPSA) is 46.6 Å². The van der Waals surface area contributed by atoms with Crippen molar-refractivity contribution in [2.45, 2.75) is 19.3 Å². The van der Waals surface area contributed by atoms with Gasteiger partial charge in [0.15, 0.2) is 0 Å². The van der Waals surface area contributed by atoms with Gasteiger partial charge in [-0.25, -0.2) is 4.79 Å². The van der Waals surface area contributed by atoms with Crippen LogP contribution in [0.2, 0.25) is 0 Å². The highest BCUT2D eigenvalue weighted by Crippen LogP contribution is 2.20. The van der Waals surface area contributed by atoms with Crippen molar-refractivity contribution in [3.8, 4) is 0 Å². The summed E-state index contributed by atoms with van der Waals surface area (Å²) in [5.74, 6) is 0.476. The molecular formula is C9H15NO3. The highest BCUT2D eigenvalue weighted by molar-refractivity contribution is 5.67. The number of ether oxygens (including phenoxy) is 1. The smallest absolute Gasteiger partial charge is 0.409 e. The van der Waals surface area contributed by atoms with E-state index >= 15 is 0 Å². The average Bonchev–Trinajstić information content (AvgIpc) is 2.62. The lowest BCUT2D eigenvalue weighted by molar-refractivity contribution is -0.108. The van der Waals surface area contributed by atoms with Gasteiger partial charge in [-0.1, -0.05) is 0 Å². The number of hydrogen-bond donors (Lipinski definition) is 0. The maximum atomic E-state index is 11.1. The van der Waals surface area contributed by atoms with Crippen LogP contribution in [0.1, 0.15) is 19.3 Å². The quantitative estimate of drug-likeness (QED) is 0.617. The maximum Gasteiger partial charge on any atom is 0.409 e. The summed E-state index contributed by atoms with van der Waals surface area (Å²) in [6.45, 7) is 1.50. The standard InChI is InChI=1S/C9H15NO3/c1-13-9(12)10-5-4-8(7-10)3-2-6-11/h6,8H,2-5,7H2,1H3. The Balaban J connectivity index is 2.27. The Morgan fingerprint density at radius 1 is 1.69 bits per heavy atom. The SMILES string of the molecule is COC(=O)N1CCC(CCC=O)C1. The second kappa shape index (κ2) is 4.84. The molecule has 0 bridgehead atoms. The van der Waals surface area contributed by atoms with Gasteiger partial charge < -0.3 is 14.4 Å². The third kappa shape index (κ3) is 2.72. The van der Waals surface area contributed by atoms with Gasteiger partial charge in [0.25, 0.3) is 0 Å². The van der Waals surface area contributed by atoms with Gasteiger partial charge in [-0.15, -0.1) is 0 Å². The summed E-state index contributed by atoms with van der Waals surface area (Å²) in [6.07, 6.45) is 3.15. The molecule has 4 heteroatoms. The van der Waals surface area contributed by atoms with Gasteiger partial charge in [0.2, 0.25) is 0 Å². The van der Waals surface area contributed by atoms with Gasteiger partial charge in [0.05, 0.1) is 7.11 Å². The van der Waals surface area contributed by atoms with E-state index in [9.17, 15) is 9.59 Å². The Bertz CT molecular complexity index is 193. The van der Waals surface area contributed by atoms with Crippen LogP contribution in [0.4, 0.5) is 4.79 Å². The maximum absolute atomic E-state index is 11.1. The summed E-state index contributed by atoms with van der Waals surface area (Å²) in [5.41, 5.74) is 0. The van der Waals surface area contributed by atoms with Crippen LogP contribution in [0.15, 0.2) is 0 Å². The first-order valence-corrected chi connectivity index (χ1v) is 4.54. The molecular weight excluding hydrogens is 170 g/mol. The zero-order valence-electron chi connectivity index (χ0n) is 7.86. The van der Waals surface area contributed by atoms with E-state index in [0.29, 0.717) is 12.3 Å². The van der Waals surface area contributed by atoms with Crippen molar-refractivity contribution in [1.82, 2.24) is 4.90 Å². The zero-order chi connectivity index (χ0) is 9.68. The molecule has 0 radical (unpaired) electrons. The van der Waals surface area contributed by atoms with E-state index in [0.717, 1.165) is 32.2 Å². The largest absolute Gasteiger partial charge is 0.453 e. The van der Waals surface area contributed by atoms with E-state index in [4.69, 9.17) is 0 Å². The second-order valence-corrected chi connectivity index (χ2v) is 3.31. The molecule has 1 fully saturated rings. The highest BCUT2D eigenvalue weighted by atomic mass is 16.5. The average molecular weight is 185 g/mol. The van der Waals surface area contributed by atoms with Crippen molar-refractivity contribution >= 4 is 12.4 Å². The lowest BCUT2D eigenvalue weighted by Crippen LogP contribution is -2.28. The van der Waals surface area contributed by atoms with E-state index in [-0.39, 0.29) is 6.09 Å². The molecule has 1 amide bonds. The molecule has 0 spiro atoms. The Labute approximate surface area is 77.8 Å². The summed E-state index contributed by atoms with van der Waals surface area (Å²) in [6, 6.07) is 0. The fraction of sp³-hybridized carbons (Fsp3) is 0.778. The minimum Gasteiger partial charge on any atom is -0.453 e. The van der Waals surface area contributed by atoms with Crippen LogP contribution in [0.3, 0.4) is 0 Å². The number of aldehydes is 1. The van der Waals surface area contributed by atoms with E-state index in [1.807, 2.05) is 0 Å². The molecule has 1 saturated heterocycles. The number of nitrogens with zero attached hydrogens (tertiary/aromatic N) is 1.